The predicted molar refractivity (Wildman–Crippen MR) is 62.7 cm³/mol. The molecule has 17 heavy (non-hydrogen) atoms. The van der Waals surface area contributed by atoms with Gasteiger partial charge in [0.1, 0.15) is 0 Å². The van der Waals surface area contributed by atoms with Gasteiger partial charge in [0.2, 0.25) is 10.0 Å². The number of carboxylic acids is 1. The first kappa shape index (κ1) is 15.9. The van der Waals surface area contributed by atoms with Gasteiger partial charge < -0.3 is 5.11 Å². The Balaban J connectivity index is 4.39. The third-order valence-electron chi connectivity index (χ3n) is 2.40. The number of hydrogen-bond acceptors (Lipinski definition) is 4. The smallest absolute Gasteiger partial charge is 0.304 e. The Kier molecular flexibility index (Phi) is 5.58. The predicted octanol–water partition coefficient (Wildman–Crippen LogP) is 0.663. The highest BCUT2D eigenvalue weighted by Gasteiger charge is 2.24. The molecule has 0 aromatic rings. The van der Waals surface area contributed by atoms with Gasteiger partial charge in [0.25, 0.3) is 0 Å². The molecule has 0 aromatic carbocycles. The quantitative estimate of drug-likeness (QED) is 0.726. The number of nitriles is 1. The average molecular weight is 262 g/mol. The van der Waals surface area contributed by atoms with Gasteiger partial charge in [0, 0.05) is 13.6 Å². The normalized spacial score (nSPS) is 12.4. The highest BCUT2D eigenvalue weighted by Crippen LogP contribution is 2.20. The van der Waals surface area contributed by atoms with Crippen LogP contribution in [0.25, 0.3) is 0 Å². The molecule has 98 valence electrons. The topological polar surface area (TPSA) is 98.5 Å². The molecule has 0 aliphatic heterocycles. The van der Waals surface area contributed by atoms with Crippen LogP contribution in [-0.2, 0) is 14.8 Å². The van der Waals surface area contributed by atoms with Gasteiger partial charge in [-0.15, -0.1) is 0 Å². The van der Waals surface area contributed by atoms with E-state index in [2.05, 4.69) is 0 Å². The molecule has 0 rings (SSSR count). The van der Waals surface area contributed by atoms with Crippen LogP contribution in [0.3, 0.4) is 0 Å². The van der Waals surface area contributed by atoms with Gasteiger partial charge in [-0.1, -0.05) is 0 Å². The molecular formula is C10H18N2O4S. The maximum atomic E-state index is 11.7. The molecular weight excluding hydrogens is 244 g/mol. The van der Waals surface area contributed by atoms with Crippen molar-refractivity contribution < 1.29 is 18.3 Å². The molecule has 0 radical (unpaired) electrons. The van der Waals surface area contributed by atoms with E-state index in [0.717, 1.165) is 4.31 Å². The van der Waals surface area contributed by atoms with Crippen LogP contribution in [-0.4, -0.2) is 43.1 Å². The third-order valence-corrected chi connectivity index (χ3v) is 4.26. The van der Waals surface area contributed by atoms with Gasteiger partial charge in [-0.25, -0.2) is 12.7 Å². The molecule has 0 heterocycles. The Morgan fingerprint density at radius 2 is 2.00 bits per heavy atom. The molecule has 0 saturated heterocycles. The van der Waals surface area contributed by atoms with E-state index in [9.17, 15) is 13.2 Å². The highest BCUT2D eigenvalue weighted by atomic mass is 32.2. The van der Waals surface area contributed by atoms with E-state index in [1.807, 2.05) is 6.07 Å². The monoisotopic (exact) mass is 262 g/mol. The Hall–Kier alpha value is -1.13. The molecule has 0 unspecified atom stereocenters. The van der Waals surface area contributed by atoms with Crippen LogP contribution in [0.4, 0.5) is 0 Å². The molecule has 0 spiro atoms. The largest absolute Gasteiger partial charge is 0.481 e. The zero-order valence-electron chi connectivity index (χ0n) is 10.3. The first-order valence-electron chi connectivity index (χ1n) is 5.18. The summed E-state index contributed by atoms with van der Waals surface area (Å²) in [5, 5.41) is 17.2. The number of nitrogens with zero attached hydrogens (tertiary/aromatic N) is 2. The minimum absolute atomic E-state index is 0.0509. The Labute approximate surface area is 102 Å². The summed E-state index contributed by atoms with van der Waals surface area (Å²) >= 11 is 0. The molecule has 0 aliphatic carbocycles. The number of hydrogen-bond donors (Lipinski definition) is 1. The van der Waals surface area contributed by atoms with Crippen LogP contribution in [0.2, 0.25) is 0 Å². The molecule has 0 aliphatic rings. The van der Waals surface area contributed by atoms with E-state index >= 15 is 0 Å². The summed E-state index contributed by atoms with van der Waals surface area (Å²) in [6, 6.07) is 2.03. The number of sulfonamides is 1. The van der Waals surface area contributed by atoms with Gasteiger partial charge in [0.15, 0.2) is 0 Å². The highest BCUT2D eigenvalue weighted by molar-refractivity contribution is 7.89. The first-order chi connectivity index (χ1) is 7.60. The molecule has 1 N–H and O–H groups in total. The summed E-state index contributed by atoms with van der Waals surface area (Å²) in [4.78, 5) is 10.3. The first-order valence-corrected chi connectivity index (χ1v) is 6.79. The van der Waals surface area contributed by atoms with E-state index in [1.54, 1.807) is 13.8 Å². The number of rotatable bonds is 7. The van der Waals surface area contributed by atoms with Crippen LogP contribution < -0.4 is 0 Å². The molecule has 0 fully saturated rings. The molecule has 6 nitrogen and oxygen atoms in total. The maximum Gasteiger partial charge on any atom is 0.304 e. The summed E-state index contributed by atoms with van der Waals surface area (Å²) in [6.07, 6.45) is 0.000613. The van der Waals surface area contributed by atoms with Crippen LogP contribution in [0.15, 0.2) is 0 Å². The van der Waals surface area contributed by atoms with E-state index in [4.69, 9.17) is 10.4 Å². The summed E-state index contributed by atoms with van der Waals surface area (Å²) in [5.74, 6) is -1.19. The van der Waals surface area contributed by atoms with Crippen molar-refractivity contribution in [2.24, 2.45) is 5.41 Å². The lowest BCUT2D eigenvalue weighted by Crippen LogP contribution is -2.32. The fourth-order valence-corrected chi connectivity index (χ4v) is 2.44. The molecule has 0 amide bonds. The molecule has 0 bridgehead atoms. The van der Waals surface area contributed by atoms with Crippen LogP contribution in [0, 0.1) is 16.7 Å². The van der Waals surface area contributed by atoms with Crippen molar-refractivity contribution in [3.63, 3.8) is 0 Å². The van der Waals surface area contributed by atoms with E-state index in [-0.39, 0.29) is 25.1 Å². The Morgan fingerprint density at radius 3 is 2.41 bits per heavy atom. The lowest BCUT2D eigenvalue weighted by atomic mass is 9.93. The van der Waals surface area contributed by atoms with Crippen molar-refractivity contribution in [1.29, 1.82) is 5.26 Å². The summed E-state index contributed by atoms with van der Waals surface area (Å²) in [6.45, 7) is 3.28. The number of aliphatic carboxylic acids is 1. The Morgan fingerprint density at radius 1 is 1.47 bits per heavy atom. The fourth-order valence-electron chi connectivity index (χ4n) is 0.988. The average Bonchev–Trinajstić information content (AvgIpc) is 2.23. The van der Waals surface area contributed by atoms with Crippen LogP contribution >= 0.6 is 0 Å². The van der Waals surface area contributed by atoms with Crippen molar-refractivity contribution in [3.05, 3.63) is 0 Å². The third kappa shape index (κ3) is 6.24. The second-order valence-corrected chi connectivity index (χ2v) is 6.72. The van der Waals surface area contributed by atoms with Crippen LogP contribution in [0.1, 0.15) is 26.7 Å². The minimum Gasteiger partial charge on any atom is -0.481 e. The number of carbonyl (C=O) groups is 1. The molecule has 0 aromatic heterocycles. The van der Waals surface area contributed by atoms with Crippen molar-refractivity contribution in [2.75, 3.05) is 19.3 Å². The van der Waals surface area contributed by atoms with Crippen molar-refractivity contribution in [1.82, 2.24) is 4.31 Å². The molecule has 0 atom stereocenters. The lowest BCUT2D eigenvalue weighted by molar-refractivity contribution is -0.137. The zero-order chi connectivity index (χ0) is 13.7. The van der Waals surface area contributed by atoms with E-state index < -0.39 is 21.4 Å². The second kappa shape index (κ2) is 5.98. The fraction of sp³-hybridized carbons (Fsp3) is 0.800. The maximum absolute atomic E-state index is 11.7. The Bertz CT molecular complexity index is 409. The van der Waals surface area contributed by atoms with Gasteiger partial charge in [-0.05, 0) is 20.3 Å². The van der Waals surface area contributed by atoms with Crippen molar-refractivity contribution >= 4 is 16.0 Å². The zero-order valence-corrected chi connectivity index (χ0v) is 11.1. The lowest BCUT2D eigenvalue weighted by Gasteiger charge is -2.19. The summed E-state index contributed by atoms with van der Waals surface area (Å²) in [7, 11) is -2.14. The minimum atomic E-state index is -3.48. The van der Waals surface area contributed by atoms with E-state index in [0.29, 0.717) is 0 Å². The number of carboxylic acid groups (broad SMARTS) is 1. The summed E-state index contributed by atoms with van der Waals surface area (Å²) in [5.41, 5.74) is -0.694. The molecule has 0 saturated carbocycles. The second-order valence-electron chi connectivity index (χ2n) is 4.53. The van der Waals surface area contributed by atoms with Crippen LogP contribution in [0.5, 0.6) is 0 Å². The van der Waals surface area contributed by atoms with E-state index in [1.165, 1.54) is 7.05 Å². The van der Waals surface area contributed by atoms with Gasteiger partial charge in [-0.2, -0.15) is 5.26 Å². The standard InChI is InChI=1S/C10H18N2O4S/c1-10(2,8-11)5-7-17(15,16)12(3)6-4-9(13)14/h4-7H2,1-3H3,(H,13,14). The summed E-state index contributed by atoms with van der Waals surface area (Å²) < 4.78 is 24.5. The van der Waals surface area contributed by atoms with Crippen molar-refractivity contribution in [2.45, 2.75) is 26.7 Å². The SMILES string of the molecule is CN(CCC(=O)O)S(=O)(=O)CCC(C)(C)C#N. The van der Waals surface area contributed by atoms with Gasteiger partial charge in [0.05, 0.1) is 23.7 Å². The van der Waals surface area contributed by atoms with Crippen molar-refractivity contribution in [3.8, 4) is 6.07 Å². The molecule has 7 heteroatoms. The van der Waals surface area contributed by atoms with Gasteiger partial charge in [-0.3, -0.25) is 4.79 Å². The van der Waals surface area contributed by atoms with Gasteiger partial charge >= 0.3 is 5.97 Å².